The third-order valence-electron chi connectivity index (χ3n) is 5.36. The van der Waals surface area contributed by atoms with Gasteiger partial charge in [-0.25, -0.2) is 0 Å². The summed E-state index contributed by atoms with van der Waals surface area (Å²) in [7, 11) is 6.93. The van der Waals surface area contributed by atoms with Gasteiger partial charge in [-0.1, -0.05) is 20.8 Å². The zero-order valence-corrected chi connectivity index (χ0v) is 19.0. The lowest BCUT2D eigenvalue weighted by Gasteiger charge is -2.30. The fourth-order valence-electron chi connectivity index (χ4n) is 3.63. The summed E-state index contributed by atoms with van der Waals surface area (Å²) in [6.07, 6.45) is 1.19. The molecule has 7 nitrogen and oxygen atoms in total. The molecule has 1 aromatic rings. The van der Waals surface area contributed by atoms with Crippen LogP contribution in [0.15, 0.2) is 23.2 Å². The Hall–Kier alpha value is -1.99. The molecule has 2 unspecified atom stereocenters. The Bertz CT molecular complexity index is 650. The fraction of sp³-hybridized carbons (Fsp3) is 0.682. The van der Waals surface area contributed by atoms with Gasteiger partial charge in [0, 0.05) is 52.4 Å². The highest BCUT2D eigenvalue weighted by Crippen LogP contribution is 2.24. The van der Waals surface area contributed by atoms with Crippen molar-refractivity contribution in [3.8, 4) is 11.5 Å². The fourth-order valence-corrected chi connectivity index (χ4v) is 3.63. The summed E-state index contributed by atoms with van der Waals surface area (Å²) in [6.45, 7) is 10.1. The number of benzene rings is 1. The third kappa shape index (κ3) is 7.08. The molecular formula is C22H38N4O3. The van der Waals surface area contributed by atoms with Crippen LogP contribution in [-0.2, 0) is 11.3 Å². The lowest BCUT2D eigenvalue weighted by Crippen LogP contribution is -2.48. The van der Waals surface area contributed by atoms with Crippen molar-refractivity contribution in [1.82, 2.24) is 15.5 Å². The van der Waals surface area contributed by atoms with Crippen molar-refractivity contribution in [2.24, 2.45) is 10.4 Å². The second kappa shape index (κ2) is 10.7. The van der Waals surface area contributed by atoms with Crippen molar-refractivity contribution in [2.45, 2.75) is 45.9 Å². The van der Waals surface area contributed by atoms with Gasteiger partial charge in [0.05, 0.1) is 20.3 Å². The van der Waals surface area contributed by atoms with E-state index < -0.39 is 0 Å². The molecule has 2 rings (SSSR count). The SMILES string of the molecule is CN=C(NCC(OC)C(C)(C)C)NC1CCN(Cc2cc(OC)cc(OC)c2)C1. The van der Waals surface area contributed by atoms with Gasteiger partial charge in [-0.2, -0.15) is 0 Å². The van der Waals surface area contributed by atoms with Gasteiger partial charge >= 0.3 is 0 Å². The van der Waals surface area contributed by atoms with Crippen LogP contribution in [0.4, 0.5) is 0 Å². The van der Waals surface area contributed by atoms with Crippen LogP contribution < -0.4 is 20.1 Å². The van der Waals surface area contributed by atoms with Crippen molar-refractivity contribution in [3.63, 3.8) is 0 Å². The molecule has 29 heavy (non-hydrogen) atoms. The molecular weight excluding hydrogens is 368 g/mol. The van der Waals surface area contributed by atoms with Crippen molar-refractivity contribution in [1.29, 1.82) is 0 Å². The minimum atomic E-state index is 0.0720. The number of likely N-dealkylation sites (tertiary alicyclic amines) is 1. The second-order valence-electron chi connectivity index (χ2n) is 8.63. The highest BCUT2D eigenvalue weighted by Gasteiger charge is 2.26. The lowest BCUT2D eigenvalue weighted by molar-refractivity contribution is 0.0205. The first kappa shape index (κ1) is 23.3. The number of ether oxygens (including phenoxy) is 3. The highest BCUT2D eigenvalue weighted by atomic mass is 16.5. The quantitative estimate of drug-likeness (QED) is 0.511. The van der Waals surface area contributed by atoms with Crippen LogP contribution in [0.25, 0.3) is 0 Å². The number of guanidine groups is 1. The minimum absolute atomic E-state index is 0.0720. The van der Waals surface area contributed by atoms with E-state index in [4.69, 9.17) is 14.2 Å². The van der Waals surface area contributed by atoms with Gasteiger partial charge in [0.25, 0.3) is 0 Å². The van der Waals surface area contributed by atoms with E-state index in [1.807, 2.05) is 13.1 Å². The Morgan fingerprint density at radius 3 is 2.34 bits per heavy atom. The van der Waals surface area contributed by atoms with E-state index in [1.54, 1.807) is 21.3 Å². The largest absolute Gasteiger partial charge is 0.497 e. The maximum absolute atomic E-state index is 5.63. The predicted molar refractivity (Wildman–Crippen MR) is 118 cm³/mol. The summed E-state index contributed by atoms with van der Waals surface area (Å²) in [5.74, 6) is 2.47. The first-order chi connectivity index (χ1) is 13.8. The molecule has 7 heteroatoms. The predicted octanol–water partition coefficient (Wildman–Crippen LogP) is 2.50. The summed E-state index contributed by atoms with van der Waals surface area (Å²) >= 11 is 0. The Labute approximate surface area is 175 Å². The van der Waals surface area contributed by atoms with Crippen LogP contribution in [0.1, 0.15) is 32.8 Å². The molecule has 1 aromatic carbocycles. The van der Waals surface area contributed by atoms with Crippen LogP contribution in [0, 0.1) is 5.41 Å². The topological polar surface area (TPSA) is 67.4 Å². The number of methoxy groups -OCH3 is 3. The lowest BCUT2D eigenvalue weighted by atomic mass is 9.89. The molecule has 0 aromatic heterocycles. The molecule has 2 N–H and O–H groups in total. The summed E-state index contributed by atoms with van der Waals surface area (Å²) in [6, 6.07) is 6.41. The van der Waals surface area contributed by atoms with E-state index in [9.17, 15) is 0 Å². The number of nitrogens with zero attached hydrogens (tertiary/aromatic N) is 2. The Balaban J connectivity index is 1.87. The van der Waals surface area contributed by atoms with Gasteiger partial charge in [-0.05, 0) is 29.5 Å². The smallest absolute Gasteiger partial charge is 0.191 e. The van der Waals surface area contributed by atoms with E-state index in [-0.39, 0.29) is 11.5 Å². The average Bonchev–Trinajstić information content (AvgIpc) is 3.12. The normalized spacial score (nSPS) is 19.1. The molecule has 1 aliphatic rings. The van der Waals surface area contributed by atoms with Gasteiger partial charge in [0.15, 0.2) is 5.96 Å². The maximum Gasteiger partial charge on any atom is 0.191 e. The summed E-state index contributed by atoms with van der Waals surface area (Å²) in [5.41, 5.74) is 1.26. The molecule has 0 aliphatic carbocycles. The molecule has 0 spiro atoms. The zero-order valence-electron chi connectivity index (χ0n) is 19.0. The number of hydrogen-bond acceptors (Lipinski definition) is 5. The van der Waals surface area contributed by atoms with Crippen molar-refractivity contribution >= 4 is 5.96 Å². The molecule has 0 saturated carbocycles. The van der Waals surface area contributed by atoms with Crippen LogP contribution >= 0.6 is 0 Å². The summed E-state index contributed by atoms with van der Waals surface area (Å²) < 4.78 is 16.4. The van der Waals surface area contributed by atoms with E-state index in [1.165, 1.54) is 5.56 Å². The number of nitrogens with one attached hydrogen (secondary N) is 2. The molecule has 0 bridgehead atoms. The first-order valence-corrected chi connectivity index (χ1v) is 10.2. The Morgan fingerprint density at radius 1 is 1.17 bits per heavy atom. The molecule has 1 aliphatic heterocycles. The molecule has 0 radical (unpaired) electrons. The molecule has 164 valence electrons. The van der Waals surface area contributed by atoms with Gasteiger partial charge in [-0.3, -0.25) is 9.89 Å². The van der Waals surface area contributed by atoms with Gasteiger partial charge in [0.2, 0.25) is 0 Å². The zero-order chi connectivity index (χ0) is 21.4. The summed E-state index contributed by atoms with van der Waals surface area (Å²) in [4.78, 5) is 6.82. The van der Waals surface area contributed by atoms with Crippen LogP contribution in [0.3, 0.4) is 0 Å². The second-order valence-corrected chi connectivity index (χ2v) is 8.63. The van der Waals surface area contributed by atoms with E-state index >= 15 is 0 Å². The number of hydrogen-bond donors (Lipinski definition) is 2. The van der Waals surface area contributed by atoms with Crippen LogP contribution in [-0.4, -0.2) is 71.0 Å². The van der Waals surface area contributed by atoms with Gasteiger partial charge in [-0.15, -0.1) is 0 Å². The Morgan fingerprint density at radius 2 is 1.83 bits per heavy atom. The Kier molecular flexibility index (Phi) is 8.59. The number of rotatable bonds is 8. The van der Waals surface area contributed by atoms with Crippen molar-refractivity contribution in [3.05, 3.63) is 23.8 Å². The molecule has 1 fully saturated rings. The highest BCUT2D eigenvalue weighted by molar-refractivity contribution is 5.80. The van der Waals surface area contributed by atoms with E-state index in [0.29, 0.717) is 6.04 Å². The van der Waals surface area contributed by atoms with E-state index in [0.717, 1.165) is 50.1 Å². The first-order valence-electron chi connectivity index (χ1n) is 10.2. The van der Waals surface area contributed by atoms with E-state index in [2.05, 4.69) is 53.4 Å². The van der Waals surface area contributed by atoms with Gasteiger partial charge < -0.3 is 24.8 Å². The maximum atomic E-state index is 5.63. The van der Waals surface area contributed by atoms with Crippen molar-refractivity contribution < 1.29 is 14.2 Å². The molecule has 1 saturated heterocycles. The average molecular weight is 407 g/mol. The standard InChI is InChI=1S/C22H38N4O3/c1-22(2,3)20(29-7)13-24-21(23-4)25-17-8-9-26(15-17)14-16-10-18(27-5)12-19(11-16)28-6/h10-12,17,20H,8-9,13-15H2,1-7H3,(H2,23,24,25). The number of aliphatic imine (C=N–C) groups is 1. The molecule has 2 atom stereocenters. The molecule has 0 amide bonds. The van der Waals surface area contributed by atoms with Crippen LogP contribution in [0.5, 0.6) is 11.5 Å². The monoisotopic (exact) mass is 406 g/mol. The third-order valence-corrected chi connectivity index (χ3v) is 5.36. The van der Waals surface area contributed by atoms with Gasteiger partial charge in [0.1, 0.15) is 11.5 Å². The minimum Gasteiger partial charge on any atom is -0.497 e. The molecule has 1 heterocycles. The van der Waals surface area contributed by atoms with Crippen molar-refractivity contribution in [2.75, 3.05) is 48.0 Å². The van der Waals surface area contributed by atoms with Crippen LogP contribution in [0.2, 0.25) is 0 Å². The summed E-state index contributed by atoms with van der Waals surface area (Å²) in [5, 5.41) is 6.96.